The van der Waals surface area contributed by atoms with Gasteiger partial charge < -0.3 is 10.3 Å². The van der Waals surface area contributed by atoms with Crippen LogP contribution in [0.5, 0.6) is 0 Å². The molecular formula is C23H22F2N4O. The summed E-state index contributed by atoms with van der Waals surface area (Å²) in [6.45, 7) is 5.58. The van der Waals surface area contributed by atoms with E-state index in [2.05, 4.69) is 15.4 Å². The number of aromatic amines is 1. The number of H-pyrrole nitrogens is 1. The van der Waals surface area contributed by atoms with Gasteiger partial charge in [-0.3, -0.25) is 4.79 Å². The molecule has 0 unspecified atom stereocenters. The molecule has 30 heavy (non-hydrogen) atoms. The van der Waals surface area contributed by atoms with Gasteiger partial charge in [0, 0.05) is 22.3 Å². The Kier molecular flexibility index (Phi) is 5.11. The Morgan fingerprint density at radius 2 is 1.97 bits per heavy atom. The summed E-state index contributed by atoms with van der Waals surface area (Å²) in [4.78, 5) is 15.7. The van der Waals surface area contributed by atoms with Crippen molar-refractivity contribution in [3.63, 3.8) is 0 Å². The molecular weight excluding hydrogens is 386 g/mol. The van der Waals surface area contributed by atoms with Crippen molar-refractivity contribution in [1.29, 1.82) is 0 Å². The number of aryl methyl sites for hydroxylation is 1. The average Bonchev–Trinajstić information content (AvgIpc) is 3.23. The third kappa shape index (κ3) is 3.58. The Bertz CT molecular complexity index is 1240. The fourth-order valence-corrected chi connectivity index (χ4v) is 3.84. The SMILES string of the molecule is Cc1[nH]c2c(F)cccc2c1CC(=O)N[C@@H](C)c1cnn(-c2cccc(F)c2)c1C. The van der Waals surface area contributed by atoms with E-state index in [9.17, 15) is 13.6 Å². The predicted molar refractivity (Wildman–Crippen MR) is 112 cm³/mol. The molecule has 0 aliphatic heterocycles. The predicted octanol–water partition coefficient (Wildman–Crippen LogP) is 4.67. The topological polar surface area (TPSA) is 62.7 Å². The minimum Gasteiger partial charge on any atom is -0.356 e. The number of halogens is 2. The Morgan fingerprint density at radius 1 is 1.20 bits per heavy atom. The first kappa shape index (κ1) is 19.8. The quantitative estimate of drug-likeness (QED) is 0.504. The van der Waals surface area contributed by atoms with Crippen LogP contribution < -0.4 is 5.32 Å². The van der Waals surface area contributed by atoms with E-state index >= 15 is 0 Å². The van der Waals surface area contributed by atoms with Gasteiger partial charge >= 0.3 is 0 Å². The standard InChI is InChI=1S/C23H22F2N4O/c1-13-19(18-8-5-9-21(25)23(18)28-13)11-22(30)27-14(2)20-12-26-29(15(20)3)17-7-4-6-16(24)10-17/h4-10,12,14,28H,11H2,1-3H3,(H,27,30)/t14-/m0/s1. The van der Waals surface area contributed by atoms with E-state index in [1.165, 1.54) is 18.2 Å². The molecule has 0 saturated heterocycles. The number of hydrogen-bond donors (Lipinski definition) is 2. The van der Waals surface area contributed by atoms with E-state index in [1.807, 2.05) is 20.8 Å². The fourth-order valence-electron chi connectivity index (χ4n) is 3.84. The second kappa shape index (κ2) is 7.74. The van der Waals surface area contributed by atoms with E-state index in [-0.39, 0.29) is 30.0 Å². The monoisotopic (exact) mass is 408 g/mol. The highest BCUT2D eigenvalue weighted by Gasteiger charge is 2.19. The molecule has 0 saturated carbocycles. The third-order valence-corrected chi connectivity index (χ3v) is 5.39. The molecule has 0 radical (unpaired) electrons. The first-order valence-corrected chi connectivity index (χ1v) is 9.70. The first-order chi connectivity index (χ1) is 14.3. The minimum atomic E-state index is -0.337. The maximum atomic E-state index is 14.0. The van der Waals surface area contributed by atoms with Crippen molar-refractivity contribution in [3.8, 4) is 5.69 Å². The molecule has 4 rings (SSSR count). The number of amides is 1. The molecule has 0 fully saturated rings. The molecule has 7 heteroatoms. The van der Waals surface area contributed by atoms with Gasteiger partial charge in [0.05, 0.1) is 29.9 Å². The maximum Gasteiger partial charge on any atom is 0.224 e. The highest BCUT2D eigenvalue weighted by atomic mass is 19.1. The first-order valence-electron chi connectivity index (χ1n) is 9.70. The lowest BCUT2D eigenvalue weighted by molar-refractivity contribution is -0.121. The van der Waals surface area contributed by atoms with Crippen LogP contribution in [0.25, 0.3) is 16.6 Å². The molecule has 2 aromatic heterocycles. The Morgan fingerprint density at radius 3 is 2.73 bits per heavy atom. The van der Waals surface area contributed by atoms with E-state index in [0.717, 1.165) is 22.5 Å². The molecule has 0 aliphatic carbocycles. The summed E-state index contributed by atoms with van der Waals surface area (Å²) in [5.74, 6) is -0.847. The average molecular weight is 408 g/mol. The van der Waals surface area contributed by atoms with Crippen molar-refractivity contribution < 1.29 is 13.6 Å². The molecule has 5 nitrogen and oxygen atoms in total. The summed E-state index contributed by atoms with van der Waals surface area (Å²) < 4.78 is 29.2. The summed E-state index contributed by atoms with van der Waals surface area (Å²) in [5.41, 5.74) is 4.24. The molecule has 0 spiro atoms. The van der Waals surface area contributed by atoms with Crippen molar-refractivity contribution in [2.24, 2.45) is 0 Å². The van der Waals surface area contributed by atoms with Crippen LogP contribution in [-0.4, -0.2) is 20.7 Å². The van der Waals surface area contributed by atoms with Crippen molar-refractivity contribution in [3.05, 3.63) is 82.8 Å². The van der Waals surface area contributed by atoms with Crippen LogP contribution in [0, 0.1) is 25.5 Å². The normalized spacial score (nSPS) is 12.3. The highest BCUT2D eigenvalue weighted by Crippen LogP contribution is 2.25. The maximum absolute atomic E-state index is 14.0. The van der Waals surface area contributed by atoms with Gasteiger partial charge in [0.25, 0.3) is 0 Å². The van der Waals surface area contributed by atoms with Gasteiger partial charge in [-0.25, -0.2) is 13.5 Å². The number of benzene rings is 2. The van der Waals surface area contributed by atoms with E-state index in [1.54, 1.807) is 35.1 Å². The van der Waals surface area contributed by atoms with Gasteiger partial charge in [-0.05, 0) is 50.6 Å². The van der Waals surface area contributed by atoms with Crippen molar-refractivity contribution >= 4 is 16.8 Å². The second-order valence-corrected chi connectivity index (χ2v) is 7.43. The molecule has 4 aromatic rings. The van der Waals surface area contributed by atoms with Gasteiger partial charge in [-0.1, -0.05) is 18.2 Å². The number of nitrogens with zero attached hydrogens (tertiary/aromatic N) is 2. The van der Waals surface area contributed by atoms with Crippen molar-refractivity contribution in [2.75, 3.05) is 0 Å². The van der Waals surface area contributed by atoms with Gasteiger partial charge in [0.2, 0.25) is 5.91 Å². The summed E-state index contributed by atoms with van der Waals surface area (Å²) in [5, 5.41) is 8.05. The summed E-state index contributed by atoms with van der Waals surface area (Å²) in [6.07, 6.45) is 1.81. The highest BCUT2D eigenvalue weighted by molar-refractivity contribution is 5.90. The van der Waals surface area contributed by atoms with Gasteiger partial charge in [-0.2, -0.15) is 5.10 Å². The number of aromatic nitrogens is 3. The van der Waals surface area contributed by atoms with Gasteiger partial charge in [0.1, 0.15) is 11.6 Å². The van der Waals surface area contributed by atoms with E-state index < -0.39 is 0 Å². The molecule has 0 bridgehead atoms. The Hall–Kier alpha value is -3.48. The van der Waals surface area contributed by atoms with Crippen LogP contribution in [0.1, 0.15) is 35.5 Å². The van der Waals surface area contributed by atoms with Crippen molar-refractivity contribution in [2.45, 2.75) is 33.2 Å². The van der Waals surface area contributed by atoms with E-state index in [4.69, 9.17) is 0 Å². The molecule has 1 atom stereocenters. The lowest BCUT2D eigenvalue weighted by Crippen LogP contribution is -2.28. The minimum absolute atomic E-state index is 0.136. The van der Waals surface area contributed by atoms with E-state index in [0.29, 0.717) is 16.6 Å². The van der Waals surface area contributed by atoms with Crippen molar-refractivity contribution in [1.82, 2.24) is 20.1 Å². The molecule has 2 aromatic carbocycles. The summed E-state index contributed by atoms with van der Waals surface area (Å²) in [7, 11) is 0. The molecule has 2 N–H and O–H groups in total. The molecule has 1 amide bonds. The van der Waals surface area contributed by atoms with Crippen LogP contribution in [0.4, 0.5) is 8.78 Å². The summed E-state index contributed by atoms with van der Waals surface area (Å²) in [6, 6.07) is 10.7. The number of fused-ring (bicyclic) bond motifs is 1. The number of para-hydroxylation sites is 1. The fraction of sp³-hybridized carbons (Fsp3) is 0.217. The van der Waals surface area contributed by atoms with Crippen LogP contribution in [0.2, 0.25) is 0 Å². The number of rotatable bonds is 5. The number of carbonyl (C=O) groups is 1. The number of carbonyl (C=O) groups excluding carboxylic acids is 1. The molecule has 0 aliphatic rings. The lowest BCUT2D eigenvalue weighted by Gasteiger charge is -2.14. The molecule has 2 heterocycles. The zero-order valence-corrected chi connectivity index (χ0v) is 17.0. The molecule has 154 valence electrons. The zero-order chi connectivity index (χ0) is 21.4. The second-order valence-electron chi connectivity index (χ2n) is 7.43. The van der Waals surface area contributed by atoms with Gasteiger partial charge in [-0.15, -0.1) is 0 Å². The van der Waals surface area contributed by atoms with Crippen LogP contribution in [0.15, 0.2) is 48.7 Å². The van der Waals surface area contributed by atoms with Gasteiger partial charge in [0.15, 0.2) is 0 Å². The lowest BCUT2D eigenvalue weighted by atomic mass is 10.1. The van der Waals surface area contributed by atoms with Crippen LogP contribution in [0.3, 0.4) is 0 Å². The number of nitrogens with one attached hydrogen (secondary N) is 2. The Labute approximate surface area is 172 Å². The smallest absolute Gasteiger partial charge is 0.224 e. The van der Waals surface area contributed by atoms with Crippen LogP contribution in [-0.2, 0) is 11.2 Å². The Balaban J connectivity index is 1.52. The zero-order valence-electron chi connectivity index (χ0n) is 17.0. The summed E-state index contributed by atoms with van der Waals surface area (Å²) >= 11 is 0. The number of hydrogen-bond acceptors (Lipinski definition) is 2. The third-order valence-electron chi connectivity index (χ3n) is 5.39. The van der Waals surface area contributed by atoms with Crippen LogP contribution >= 0.6 is 0 Å². The largest absolute Gasteiger partial charge is 0.356 e.